The van der Waals surface area contributed by atoms with Crippen molar-refractivity contribution in [2.24, 2.45) is 5.92 Å². The number of benzene rings is 1. The number of ether oxygens (including phenoxy) is 1. The van der Waals surface area contributed by atoms with E-state index in [1.54, 1.807) is 18.4 Å². The first-order chi connectivity index (χ1) is 15.7. The van der Waals surface area contributed by atoms with E-state index in [-0.39, 0.29) is 35.8 Å². The number of carbonyl (C=O) groups excluding carboxylic acids is 2. The van der Waals surface area contributed by atoms with Crippen LogP contribution in [-0.2, 0) is 20.7 Å². The molecule has 1 fully saturated rings. The molecule has 1 aliphatic heterocycles. The highest BCUT2D eigenvalue weighted by Gasteiger charge is 2.40. The Morgan fingerprint density at radius 2 is 2.00 bits per heavy atom. The summed E-state index contributed by atoms with van der Waals surface area (Å²) in [6, 6.07) is 7.76. The van der Waals surface area contributed by atoms with Gasteiger partial charge in [0.1, 0.15) is 4.99 Å². The lowest BCUT2D eigenvalue weighted by molar-refractivity contribution is -0.122. The second-order valence-corrected chi connectivity index (χ2v) is 10.2. The summed E-state index contributed by atoms with van der Waals surface area (Å²) in [6.07, 6.45) is 1.67. The zero-order valence-electron chi connectivity index (χ0n) is 20.0. The Hall–Kier alpha value is -2.16. The van der Waals surface area contributed by atoms with E-state index in [1.165, 1.54) is 11.8 Å². The van der Waals surface area contributed by atoms with Crippen molar-refractivity contribution >= 4 is 40.2 Å². The summed E-state index contributed by atoms with van der Waals surface area (Å²) < 4.78 is 5.57. The number of hydrogen-bond acceptors (Lipinski definition) is 6. The van der Waals surface area contributed by atoms with Gasteiger partial charge in [0, 0.05) is 33.4 Å². The van der Waals surface area contributed by atoms with Gasteiger partial charge in [-0.05, 0) is 30.4 Å². The van der Waals surface area contributed by atoms with Gasteiger partial charge in [-0.15, -0.1) is 11.3 Å². The molecule has 0 radical (unpaired) electrons. The van der Waals surface area contributed by atoms with Gasteiger partial charge in [-0.3, -0.25) is 9.59 Å². The van der Waals surface area contributed by atoms with E-state index in [1.807, 2.05) is 31.2 Å². The maximum Gasteiger partial charge on any atom is 0.217 e. The Bertz CT molecular complexity index is 987. The minimum Gasteiger partial charge on any atom is -0.380 e. The summed E-state index contributed by atoms with van der Waals surface area (Å²) in [6.45, 7) is 8.11. The van der Waals surface area contributed by atoms with E-state index < -0.39 is 0 Å². The molecular weight excluding hydrogens is 454 g/mol. The van der Waals surface area contributed by atoms with Crippen molar-refractivity contribution in [3.63, 3.8) is 0 Å². The Morgan fingerprint density at radius 1 is 1.30 bits per heavy atom. The molecule has 1 aromatic carbocycles. The number of ketones is 1. The average molecular weight is 488 g/mol. The van der Waals surface area contributed by atoms with Gasteiger partial charge in [-0.2, -0.15) is 0 Å². The lowest BCUT2D eigenvalue weighted by Crippen LogP contribution is -2.52. The first-order valence-corrected chi connectivity index (χ1v) is 12.6. The van der Waals surface area contributed by atoms with Crippen molar-refractivity contribution in [3.05, 3.63) is 41.0 Å². The number of amides is 1. The predicted molar refractivity (Wildman–Crippen MR) is 137 cm³/mol. The molecule has 2 aromatic rings. The van der Waals surface area contributed by atoms with Crippen LogP contribution in [0.25, 0.3) is 10.4 Å². The van der Waals surface area contributed by atoms with Gasteiger partial charge in [0.05, 0.1) is 34.3 Å². The summed E-state index contributed by atoms with van der Waals surface area (Å²) >= 11 is 7.40. The maximum absolute atomic E-state index is 13.3. The van der Waals surface area contributed by atoms with Crippen LogP contribution in [0, 0.1) is 12.8 Å². The van der Waals surface area contributed by atoms with Crippen molar-refractivity contribution < 1.29 is 14.3 Å². The highest BCUT2D eigenvalue weighted by atomic mass is 32.1. The fourth-order valence-electron chi connectivity index (χ4n) is 4.26. The quantitative estimate of drug-likeness (QED) is 0.535. The minimum atomic E-state index is -0.323. The summed E-state index contributed by atoms with van der Waals surface area (Å²) in [5, 5.41) is 2.95. The van der Waals surface area contributed by atoms with Crippen LogP contribution in [0.2, 0.25) is 0 Å². The van der Waals surface area contributed by atoms with E-state index in [4.69, 9.17) is 17.0 Å². The van der Waals surface area contributed by atoms with E-state index in [9.17, 15) is 9.59 Å². The number of nitrogens with one attached hydrogen (secondary N) is 1. The zero-order valence-corrected chi connectivity index (χ0v) is 21.6. The first-order valence-electron chi connectivity index (χ1n) is 11.3. The Labute approximate surface area is 205 Å². The average Bonchev–Trinajstić information content (AvgIpc) is 3.42. The molecule has 3 atom stereocenters. The van der Waals surface area contributed by atoms with Gasteiger partial charge in [-0.1, -0.05) is 50.3 Å². The number of nitrogens with zero attached hydrogens (tertiary/aromatic N) is 2. The van der Waals surface area contributed by atoms with Gasteiger partial charge in [-0.25, -0.2) is 4.98 Å². The Balaban J connectivity index is 1.67. The van der Waals surface area contributed by atoms with Crippen LogP contribution in [0.15, 0.2) is 29.8 Å². The minimum absolute atomic E-state index is 0.0519. The number of hydrogen-bond donors (Lipinski definition) is 1. The van der Waals surface area contributed by atoms with Gasteiger partial charge >= 0.3 is 0 Å². The topological polar surface area (TPSA) is 71.5 Å². The molecule has 1 amide bonds. The Kier molecular flexibility index (Phi) is 8.73. The molecule has 0 bridgehead atoms. The molecule has 2 heterocycles. The number of thiocarbonyl (C=S) groups is 1. The fraction of sp³-hybridized carbons (Fsp3) is 0.520. The lowest BCUT2D eigenvalue weighted by Gasteiger charge is -2.33. The second kappa shape index (κ2) is 11.3. The first kappa shape index (κ1) is 25.5. The van der Waals surface area contributed by atoms with Gasteiger partial charge < -0.3 is 15.0 Å². The van der Waals surface area contributed by atoms with Gasteiger partial charge in [0.25, 0.3) is 0 Å². The monoisotopic (exact) mass is 487 g/mol. The van der Waals surface area contributed by atoms with Crippen molar-refractivity contribution in [1.82, 2.24) is 15.2 Å². The number of carbonyl (C=O) groups is 2. The molecule has 1 aliphatic rings. The molecule has 33 heavy (non-hydrogen) atoms. The molecule has 8 heteroatoms. The number of thiazole rings is 1. The Morgan fingerprint density at radius 3 is 2.55 bits per heavy atom. The van der Waals surface area contributed by atoms with Crippen LogP contribution >= 0.6 is 23.6 Å². The van der Waals surface area contributed by atoms with Crippen LogP contribution < -0.4 is 5.32 Å². The lowest BCUT2D eigenvalue weighted by atomic mass is 9.99. The van der Waals surface area contributed by atoms with E-state index in [0.29, 0.717) is 30.8 Å². The van der Waals surface area contributed by atoms with Crippen LogP contribution in [-0.4, -0.2) is 58.4 Å². The third-order valence-corrected chi connectivity index (χ3v) is 7.63. The van der Waals surface area contributed by atoms with E-state index in [2.05, 4.69) is 34.6 Å². The molecule has 0 saturated carbocycles. The molecule has 6 nitrogen and oxygen atoms in total. The van der Waals surface area contributed by atoms with Crippen molar-refractivity contribution in [1.29, 1.82) is 0 Å². The van der Waals surface area contributed by atoms with Crippen molar-refractivity contribution in [2.75, 3.05) is 13.7 Å². The standard InChI is InChI=1S/C25H33N3O3S2/c1-15(2)23(27-17(4)29)25(32)28-13-20(31-5)12-21(28)22(30)11-8-18-6-9-19(10-7-18)24-16(3)26-14-33-24/h6-7,9-10,14-15,20-21,23H,8,11-13H2,1-5H3,(H,27,29)/t20-,21+,23+/m1/s1. The molecule has 1 saturated heterocycles. The molecule has 1 aromatic heterocycles. The number of likely N-dealkylation sites (tertiary alicyclic amines) is 1. The third-order valence-electron chi connectivity index (χ3n) is 6.16. The van der Waals surface area contributed by atoms with Gasteiger partial charge in [0.15, 0.2) is 5.78 Å². The van der Waals surface area contributed by atoms with Gasteiger partial charge in [0.2, 0.25) is 5.91 Å². The summed E-state index contributed by atoms with van der Waals surface area (Å²) in [5.41, 5.74) is 5.17. The molecule has 3 rings (SSSR count). The smallest absolute Gasteiger partial charge is 0.217 e. The summed E-state index contributed by atoms with van der Waals surface area (Å²) in [5.74, 6) is 0.155. The molecule has 1 N–H and O–H groups in total. The van der Waals surface area contributed by atoms with E-state index >= 15 is 0 Å². The molecule has 0 aliphatic carbocycles. The van der Waals surface area contributed by atoms with Crippen LogP contribution in [0.3, 0.4) is 0 Å². The molecule has 0 spiro atoms. The summed E-state index contributed by atoms with van der Waals surface area (Å²) in [7, 11) is 1.67. The van der Waals surface area contributed by atoms with Crippen molar-refractivity contribution in [3.8, 4) is 10.4 Å². The van der Waals surface area contributed by atoms with Crippen LogP contribution in [0.1, 0.15) is 44.9 Å². The molecule has 0 unspecified atom stereocenters. The number of Topliss-reactive ketones (excluding diaryl/α,β-unsaturated/α-hetero) is 1. The molecular formula is C25H33N3O3S2. The number of aryl methyl sites for hydroxylation is 2. The van der Waals surface area contributed by atoms with E-state index in [0.717, 1.165) is 16.8 Å². The van der Waals surface area contributed by atoms with Crippen molar-refractivity contribution in [2.45, 2.75) is 65.1 Å². The normalized spacial score (nSPS) is 19.0. The number of rotatable bonds is 9. The molecule has 178 valence electrons. The predicted octanol–water partition coefficient (Wildman–Crippen LogP) is 4.20. The number of aromatic nitrogens is 1. The second-order valence-electron chi connectivity index (χ2n) is 8.95. The SMILES string of the molecule is CO[C@@H]1C[C@@H](C(=O)CCc2ccc(-c3scnc3C)cc2)N(C(=S)[C@@H](NC(C)=O)C(C)C)C1. The number of methoxy groups -OCH3 is 1. The highest BCUT2D eigenvalue weighted by Crippen LogP contribution is 2.28. The maximum atomic E-state index is 13.3. The van der Waals surface area contributed by atoms with Crippen LogP contribution in [0.4, 0.5) is 0 Å². The largest absolute Gasteiger partial charge is 0.380 e. The summed E-state index contributed by atoms with van der Waals surface area (Å²) in [4.78, 5) is 33.0. The highest BCUT2D eigenvalue weighted by molar-refractivity contribution is 7.80. The zero-order chi connectivity index (χ0) is 24.1. The fourth-order valence-corrected chi connectivity index (χ4v) is 5.61. The third kappa shape index (κ3) is 6.25. The van der Waals surface area contributed by atoms with Crippen LogP contribution in [0.5, 0.6) is 0 Å².